The third kappa shape index (κ3) is 4.47. The average molecular weight is 207 g/mol. The maximum atomic E-state index is 8.91. The second-order valence-corrected chi connectivity index (χ2v) is 4.72. The van der Waals surface area contributed by atoms with E-state index in [1.54, 1.807) is 12.1 Å². The highest BCUT2D eigenvalue weighted by Crippen LogP contribution is 2.03. The van der Waals surface area contributed by atoms with Crippen molar-refractivity contribution in [2.24, 2.45) is 0 Å². The summed E-state index contributed by atoms with van der Waals surface area (Å²) in [6.07, 6.45) is 0. The second-order valence-electron chi connectivity index (χ2n) is 4.72. The van der Waals surface area contributed by atoms with Crippen molar-refractivity contribution in [2.75, 3.05) is 0 Å². The van der Waals surface area contributed by atoms with Gasteiger partial charge in [0, 0.05) is 12.1 Å². The lowest BCUT2D eigenvalue weighted by Gasteiger charge is -2.20. The van der Waals surface area contributed by atoms with Gasteiger partial charge in [0.2, 0.25) is 0 Å². The normalized spacial score (nSPS) is 11.5. The molecule has 0 heterocycles. The Balaban J connectivity index is 2.57. The van der Waals surface area contributed by atoms with E-state index in [2.05, 4.69) is 26.1 Å². The van der Waals surface area contributed by atoms with Gasteiger partial charge in [-0.15, -0.1) is 0 Å². The molecule has 4 heteroatoms. The molecule has 3 nitrogen and oxygen atoms in total. The van der Waals surface area contributed by atoms with Crippen LogP contribution < -0.4 is 10.8 Å². The van der Waals surface area contributed by atoms with E-state index >= 15 is 0 Å². The predicted octanol–water partition coefficient (Wildman–Crippen LogP) is 0.254. The Hall–Kier alpha value is -0.835. The van der Waals surface area contributed by atoms with Crippen LogP contribution in [0.5, 0.6) is 0 Å². The zero-order valence-electron chi connectivity index (χ0n) is 9.49. The van der Waals surface area contributed by atoms with E-state index in [1.165, 1.54) is 0 Å². The molecule has 0 spiro atoms. The SMILES string of the molecule is CC(C)(C)NCc1ccc(B(O)O)cc1. The molecule has 15 heavy (non-hydrogen) atoms. The number of hydrogen-bond acceptors (Lipinski definition) is 3. The molecule has 3 N–H and O–H groups in total. The molecule has 0 atom stereocenters. The zero-order chi connectivity index (χ0) is 11.5. The van der Waals surface area contributed by atoms with Gasteiger partial charge in [-0.3, -0.25) is 0 Å². The largest absolute Gasteiger partial charge is 0.488 e. The molecular weight excluding hydrogens is 189 g/mol. The van der Waals surface area contributed by atoms with Crippen LogP contribution >= 0.6 is 0 Å². The van der Waals surface area contributed by atoms with E-state index in [1.807, 2.05) is 12.1 Å². The minimum Gasteiger partial charge on any atom is -0.423 e. The summed E-state index contributed by atoms with van der Waals surface area (Å²) in [4.78, 5) is 0. The first-order chi connectivity index (χ1) is 6.88. The molecular formula is C11H18BNO2. The first-order valence-corrected chi connectivity index (χ1v) is 5.08. The van der Waals surface area contributed by atoms with Crippen LogP contribution in [0.15, 0.2) is 24.3 Å². The quantitative estimate of drug-likeness (QED) is 0.623. The standard InChI is InChI=1S/C11H18BNO2/c1-11(2,3)13-8-9-4-6-10(7-5-9)12(14)15/h4-7,13-15H,8H2,1-3H3. The van der Waals surface area contributed by atoms with Crippen LogP contribution in [-0.2, 0) is 6.54 Å². The Morgan fingerprint density at radius 1 is 1.13 bits per heavy atom. The van der Waals surface area contributed by atoms with E-state index in [0.717, 1.165) is 12.1 Å². The fourth-order valence-electron chi connectivity index (χ4n) is 1.17. The van der Waals surface area contributed by atoms with Crippen LogP contribution in [0.1, 0.15) is 26.3 Å². The highest BCUT2D eigenvalue weighted by atomic mass is 16.4. The topological polar surface area (TPSA) is 52.5 Å². The van der Waals surface area contributed by atoms with Crippen molar-refractivity contribution >= 4 is 12.6 Å². The summed E-state index contributed by atoms with van der Waals surface area (Å²) in [5, 5.41) is 21.2. The summed E-state index contributed by atoms with van der Waals surface area (Å²) >= 11 is 0. The third-order valence-electron chi connectivity index (χ3n) is 2.10. The second kappa shape index (κ2) is 4.79. The van der Waals surface area contributed by atoms with Crippen LogP contribution in [-0.4, -0.2) is 22.7 Å². The van der Waals surface area contributed by atoms with Gasteiger partial charge in [0.15, 0.2) is 0 Å². The molecule has 1 rings (SSSR count). The van der Waals surface area contributed by atoms with E-state index in [9.17, 15) is 0 Å². The lowest BCUT2D eigenvalue weighted by molar-refractivity contribution is 0.423. The summed E-state index contributed by atoms with van der Waals surface area (Å²) in [5.41, 5.74) is 1.75. The Labute approximate surface area is 91.3 Å². The molecule has 82 valence electrons. The van der Waals surface area contributed by atoms with Crippen LogP contribution in [0.3, 0.4) is 0 Å². The maximum absolute atomic E-state index is 8.91. The van der Waals surface area contributed by atoms with E-state index in [0.29, 0.717) is 5.46 Å². The van der Waals surface area contributed by atoms with Crippen molar-refractivity contribution in [3.8, 4) is 0 Å². The molecule has 0 saturated heterocycles. The lowest BCUT2D eigenvalue weighted by Crippen LogP contribution is -2.35. The number of rotatable bonds is 3. The van der Waals surface area contributed by atoms with Crippen LogP contribution in [0.25, 0.3) is 0 Å². The first-order valence-electron chi connectivity index (χ1n) is 5.08. The van der Waals surface area contributed by atoms with Gasteiger partial charge in [-0.2, -0.15) is 0 Å². The fraction of sp³-hybridized carbons (Fsp3) is 0.455. The van der Waals surface area contributed by atoms with Crippen molar-refractivity contribution in [3.05, 3.63) is 29.8 Å². The van der Waals surface area contributed by atoms with Gasteiger partial charge in [-0.25, -0.2) is 0 Å². The molecule has 0 aliphatic carbocycles. The van der Waals surface area contributed by atoms with Gasteiger partial charge in [0.05, 0.1) is 0 Å². The van der Waals surface area contributed by atoms with Crippen molar-refractivity contribution < 1.29 is 10.0 Å². The minimum atomic E-state index is -1.38. The molecule has 0 aliphatic rings. The minimum absolute atomic E-state index is 0.0924. The third-order valence-corrected chi connectivity index (χ3v) is 2.10. The Kier molecular flexibility index (Phi) is 3.91. The molecule has 0 aliphatic heterocycles. The zero-order valence-corrected chi connectivity index (χ0v) is 9.49. The van der Waals surface area contributed by atoms with E-state index in [-0.39, 0.29) is 5.54 Å². The van der Waals surface area contributed by atoms with Crippen LogP contribution in [0, 0.1) is 0 Å². The molecule has 1 aromatic carbocycles. The van der Waals surface area contributed by atoms with Gasteiger partial charge in [0.25, 0.3) is 0 Å². The molecule has 0 unspecified atom stereocenters. The van der Waals surface area contributed by atoms with Gasteiger partial charge in [-0.1, -0.05) is 24.3 Å². The Bertz CT molecular complexity index is 303. The summed E-state index contributed by atoms with van der Waals surface area (Å²) in [6.45, 7) is 7.11. The van der Waals surface area contributed by atoms with Crippen LogP contribution in [0.4, 0.5) is 0 Å². The van der Waals surface area contributed by atoms with Crippen LogP contribution in [0.2, 0.25) is 0 Å². The maximum Gasteiger partial charge on any atom is 0.488 e. The molecule has 1 aromatic rings. The molecule has 0 bridgehead atoms. The molecule has 0 aromatic heterocycles. The molecule has 0 fully saturated rings. The first kappa shape index (κ1) is 12.2. The van der Waals surface area contributed by atoms with E-state index < -0.39 is 7.12 Å². The summed E-state index contributed by atoms with van der Waals surface area (Å²) in [5.74, 6) is 0. The molecule has 0 radical (unpaired) electrons. The number of nitrogens with one attached hydrogen (secondary N) is 1. The molecule has 0 amide bonds. The van der Waals surface area contributed by atoms with Gasteiger partial charge in [0.1, 0.15) is 0 Å². The average Bonchev–Trinajstić information content (AvgIpc) is 2.14. The number of benzene rings is 1. The van der Waals surface area contributed by atoms with Crippen molar-refractivity contribution in [1.82, 2.24) is 5.32 Å². The van der Waals surface area contributed by atoms with Crippen molar-refractivity contribution in [3.63, 3.8) is 0 Å². The van der Waals surface area contributed by atoms with E-state index in [4.69, 9.17) is 10.0 Å². The van der Waals surface area contributed by atoms with Gasteiger partial charge < -0.3 is 15.4 Å². The summed E-state index contributed by atoms with van der Waals surface area (Å²) in [7, 11) is -1.38. The highest BCUT2D eigenvalue weighted by Gasteiger charge is 2.11. The van der Waals surface area contributed by atoms with Crippen molar-refractivity contribution in [1.29, 1.82) is 0 Å². The summed E-state index contributed by atoms with van der Waals surface area (Å²) < 4.78 is 0. The highest BCUT2D eigenvalue weighted by molar-refractivity contribution is 6.58. The molecule has 0 saturated carbocycles. The monoisotopic (exact) mass is 207 g/mol. The number of hydrogen-bond donors (Lipinski definition) is 3. The lowest BCUT2D eigenvalue weighted by atomic mass is 9.80. The van der Waals surface area contributed by atoms with Gasteiger partial charge >= 0.3 is 7.12 Å². The smallest absolute Gasteiger partial charge is 0.423 e. The predicted molar refractivity (Wildman–Crippen MR) is 62.9 cm³/mol. The Morgan fingerprint density at radius 3 is 2.07 bits per heavy atom. The summed E-state index contributed by atoms with van der Waals surface area (Å²) in [6, 6.07) is 7.25. The fourth-order valence-corrected chi connectivity index (χ4v) is 1.17. The Morgan fingerprint density at radius 2 is 1.67 bits per heavy atom. The van der Waals surface area contributed by atoms with Gasteiger partial charge in [-0.05, 0) is 31.8 Å². The van der Waals surface area contributed by atoms with Crippen molar-refractivity contribution in [2.45, 2.75) is 32.9 Å².